The number of benzene rings is 2. The Labute approximate surface area is 107 Å². The Morgan fingerprint density at radius 1 is 0.824 bits per heavy atom. The molecule has 88 valence electrons. The summed E-state index contributed by atoms with van der Waals surface area (Å²) >= 11 is 6.48. The molecule has 0 saturated carbocycles. The average molecular weight is 247 g/mol. The molecular weight excluding hydrogens is 232 g/mol. The number of halogens is 1. The smallest absolute Gasteiger partial charge is 0.103 e. The normalized spacial score (nSPS) is 14.2. The molecule has 2 rings (SSSR count). The number of ether oxygens (including phenoxy) is 1. The van der Waals surface area contributed by atoms with Crippen LogP contribution in [0.15, 0.2) is 60.7 Å². The van der Waals surface area contributed by atoms with Gasteiger partial charge in [-0.2, -0.15) is 0 Å². The Bertz CT molecular complexity index is 441. The van der Waals surface area contributed by atoms with Crippen molar-refractivity contribution in [2.75, 3.05) is 7.11 Å². The molecule has 0 unspecified atom stereocenters. The summed E-state index contributed by atoms with van der Waals surface area (Å²) in [5, 5.41) is -0.177. The maximum atomic E-state index is 6.48. The predicted octanol–water partition coefficient (Wildman–Crippen LogP) is 4.35. The molecule has 0 amide bonds. The molecule has 0 aromatic heterocycles. The molecule has 0 heterocycles. The van der Waals surface area contributed by atoms with Crippen LogP contribution in [0.1, 0.15) is 22.6 Å². The van der Waals surface area contributed by atoms with E-state index in [0.717, 1.165) is 11.1 Å². The third-order valence-electron chi connectivity index (χ3n) is 2.77. The largest absolute Gasteiger partial charge is 0.375 e. The summed E-state index contributed by atoms with van der Waals surface area (Å²) < 4.78 is 5.52. The lowest BCUT2D eigenvalue weighted by atomic mass is 10.0. The van der Waals surface area contributed by atoms with Gasteiger partial charge in [-0.3, -0.25) is 0 Å². The van der Waals surface area contributed by atoms with Crippen molar-refractivity contribution in [1.29, 1.82) is 0 Å². The Morgan fingerprint density at radius 2 is 1.29 bits per heavy atom. The van der Waals surface area contributed by atoms with Gasteiger partial charge in [-0.15, -0.1) is 11.6 Å². The standard InChI is InChI=1S/C15H15ClO/c1-17-15(13-10-6-3-7-11-13)14(16)12-8-4-2-5-9-12/h2-11,14-15H,1H3/t14-,15+/m0/s1. The van der Waals surface area contributed by atoms with Crippen molar-refractivity contribution in [1.82, 2.24) is 0 Å². The van der Waals surface area contributed by atoms with Gasteiger partial charge < -0.3 is 4.74 Å². The predicted molar refractivity (Wildman–Crippen MR) is 71.2 cm³/mol. The lowest BCUT2D eigenvalue weighted by molar-refractivity contribution is 0.0992. The Hall–Kier alpha value is -1.31. The fourth-order valence-corrected chi connectivity index (χ4v) is 2.27. The van der Waals surface area contributed by atoms with E-state index in [1.165, 1.54) is 0 Å². The van der Waals surface area contributed by atoms with E-state index in [9.17, 15) is 0 Å². The van der Waals surface area contributed by atoms with Gasteiger partial charge in [0.25, 0.3) is 0 Å². The molecule has 1 nitrogen and oxygen atoms in total. The minimum absolute atomic E-state index is 0.125. The van der Waals surface area contributed by atoms with Crippen LogP contribution in [-0.4, -0.2) is 7.11 Å². The maximum Gasteiger partial charge on any atom is 0.103 e. The molecule has 0 saturated heterocycles. The Morgan fingerprint density at radius 3 is 1.76 bits per heavy atom. The highest BCUT2D eigenvalue weighted by Gasteiger charge is 2.21. The molecule has 0 fully saturated rings. The van der Waals surface area contributed by atoms with Crippen LogP contribution in [-0.2, 0) is 4.74 Å². The molecule has 2 heteroatoms. The second-order valence-corrected chi connectivity index (χ2v) is 4.35. The van der Waals surface area contributed by atoms with Gasteiger partial charge in [-0.05, 0) is 11.1 Å². The van der Waals surface area contributed by atoms with Crippen molar-refractivity contribution in [2.24, 2.45) is 0 Å². The van der Waals surface area contributed by atoms with Gasteiger partial charge in [0.15, 0.2) is 0 Å². The fraction of sp³-hybridized carbons (Fsp3) is 0.200. The minimum Gasteiger partial charge on any atom is -0.375 e. The molecular formula is C15H15ClO. The van der Waals surface area contributed by atoms with Gasteiger partial charge >= 0.3 is 0 Å². The lowest BCUT2D eigenvalue weighted by Gasteiger charge is -2.21. The van der Waals surface area contributed by atoms with Gasteiger partial charge in [0.2, 0.25) is 0 Å². The van der Waals surface area contributed by atoms with E-state index in [0.29, 0.717) is 0 Å². The van der Waals surface area contributed by atoms with Crippen molar-refractivity contribution in [3.8, 4) is 0 Å². The third-order valence-corrected chi connectivity index (χ3v) is 3.25. The van der Waals surface area contributed by atoms with Crippen molar-refractivity contribution in [3.05, 3.63) is 71.8 Å². The van der Waals surface area contributed by atoms with Crippen LogP contribution < -0.4 is 0 Å². The molecule has 2 aromatic rings. The van der Waals surface area contributed by atoms with E-state index >= 15 is 0 Å². The van der Waals surface area contributed by atoms with E-state index < -0.39 is 0 Å². The molecule has 0 spiro atoms. The molecule has 0 aliphatic heterocycles. The van der Waals surface area contributed by atoms with Crippen LogP contribution in [0.5, 0.6) is 0 Å². The first-order valence-electron chi connectivity index (χ1n) is 5.59. The summed E-state index contributed by atoms with van der Waals surface area (Å²) in [6, 6.07) is 20.1. The molecule has 0 bridgehead atoms. The quantitative estimate of drug-likeness (QED) is 0.729. The van der Waals surface area contributed by atoms with Gasteiger partial charge in [-0.25, -0.2) is 0 Å². The van der Waals surface area contributed by atoms with Gasteiger partial charge in [0, 0.05) is 7.11 Å². The molecule has 0 aliphatic rings. The second-order valence-electron chi connectivity index (χ2n) is 3.88. The molecule has 0 N–H and O–H groups in total. The topological polar surface area (TPSA) is 9.23 Å². The van der Waals surface area contributed by atoms with E-state index in [4.69, 9.17) is 16.3 Å². The summed E-state index contributed by atoms with van der Waals surface area (Å²) in [6.45, 7) is 0. The van der Waals surface area contributed by atoms with E-state index in [-0.39, 0.29) is 11.5 Å². The molecule has 17 heavy (non-hydrogen) atoms. The second kappa shape index (κ2) is 5.85. The van der Waals surface area contributed by atoms with Crippen molar-refractivity contribution >= 4 is 11.6 Å². The first-order valence-corrected chi connectivity index (χ1v) is 6.03. The Balaban J connectivity index is 2.25. The third kappa shape index (κ3) is 2.87. The highest BCUT2D eigenvalue weighted by molar-refractivity contribution is 6.21. The summed E-state index contributed by atoms with van der Waals surface area (Å²) in [5.41, 5.74) is 2.17. The lowest BCUT2D eigenvalue weighted by Crippen LogP contribution is -2.08. The molecule has 0 aliphatic carbocycles. The van der Waals surface area contributed by atoms with E-state index in [1.807, 2.05) is 60.7 Å². The first-order chi connectivity index (χ1) is 8.33. The minimum atomic E-state index is -0.177. The highest BCUT2D eigenvalue weighted by Crippen LogP contribution is 2.36. The van der Waals surface area contributed by atoms with Crippen LogP contribution >= 0.6 is 11.6 Å². The van der Waals surface area contributed by atoms with Gasteiger partial charge in [0.05, 0.1) is 5.38 Å². The van der Waals surface area contributed by atoms with E-state index in [1.54, 1.807) is 7.11 Å². The number of alkyl halides is 1. The van der Waals surface area contributed by atoms with Crippen LogP contribution in [0.25, 0.3) is 0 Å². The summed E-state index contributed by atoms with van der Waals surface area (Å²) in [4.78, 5) is 0. The SMILES string of the molecule is CO[C@H](c1ccccc1)[C@@H](Cl)c1ccccc1. The van der Waals surface area contributed by atoms with Crippen molar-refractivity contribution in [3.63, 3.8) is 0 Å². The number of hydrogen-bond donors (Lipinski definition) is 0. The van der Waals surface area contributed by atoms with Crippen LogP contribution in [0.3, 0.4) is 0 Å². The summed E-state index contributed by atoms with van der Waals surface area (Å²) in [5.74, 6) is 0. The van der Waals surface area contributed by atoms with Gasteiger partial charge in [-0.1, -0.05) is 60.7 Å². The zero-order chi connectivity index (χ0) is 12.1. The maximum absolute atomic E-state index is 6.48. The zero-order valence-corrected chi connectivity index (χ0v) is 10.5. The first kappa shape index (κ1) is 12.2. The molecule has 2 aromatic carbocycles. The van der Waals surface area contributed by atoms with E-state index in [2.05, 4.69) is 0 Å². The Kier molecular flexibility index (Phi) is 4.18. The fourth-order valence-electron chi connectivity index (χ4n) is 1.88. The zero-order valence-electron chi connectivity index (χ0n) is 9.71. The van der Waals surface area contributed by atoms with Crippen LogP contribution in [0.2, 0.25) is 0 Å². The van der Waals surface area contributed by atoms with Crippen LogP contribution in [0, 0.1) is 0 Å². The van der Waals surface area contributed by atoms with Crippen molar-refractivity contribution in [2.45, 2.75) is 11.5 Å². The summed E-state index contributed by atoms with van der Waals surface area (Å²) in [6.07, 6.45) is -0.125. The van der Waals surface area contributed by atoms with Crippen molar-refractivity contribution < 1.29 is 4.74 Å². The molecule has 0 radical (unpaired) electrons. The average Bonchev–Trinajstić information content (AvgIpc) is 2.42. The number of methoxy groups -OCH3 is 1. The highest BCUT2D eigenvalue weighted by atomic mass is 35.5. The van der Waals surface area contributed by atoms with Gasteiger partial charge in [0.1, 0.15) is 6.10 Å². The number of rotatable bonds is 4. The summed E-state index contributed by atoms with van der Waals surface area (Å²) in [7, 11) is 1.69. The molecule has 2 atom stereocenters. The monoisotopic (exact) mass is 246 g/mol. The number of hydrogen-bond acceptors (Lipinski definition) is 1. The van der Waals surface area contributed by atoms with Crippen LogP contribution in [0.4, 0.5) is 0 Å².